The van der Waals surface area contributed by atoms with Crippen molar-refractivity contribution in [1.29, 1.82) is 0 Å². The lowest BCUT2D eigenvalue weighted by Gasteiger charge is -1.87. The van der Waals surface area contributed by atoms with Crippen molar-refractivity contribution in [3.8, 4) is 0 Å². The first-order chi connectivity index (χ1) is 4.20. The lowest BCUT2D eigenvalue weighted by Crippen LogP contribution is -2.05. The summed E-state index contributed by atoms with van der Waals surface area (Å²) in [5.41, 5.74) is 0. The Morgan fingerprint density at radius 3 is 2.89 bits per heavy atom. The number of aromatic nitrogens is 3. The van der Waals surface area contributed by atoms with Gasteiger partial charge in [-0.15, -0.1) is 0 Å². The van der Waals surface area contributed by atoms with Crippen LogP contribution in [0.2, 0.25) is 0 Å². The van der Waals surface area contributed by atoms with Crippen molar-refractivity contribution in [2.75, 3.05) is 0 Å². The van der Waals surface area contributed by atoms with Gasteiger partial charge in [0, 0.05) is 6.92 Å². The van der Waals surface area contributed by atoms with Crippen molar-refractivity contribution in [1.82, 2.24) is 14.8 Å². The van der Waals surface area contributed by atoms with E-state index >= 15 is 0 Å². The number of hydrogen-bond acceptors (Lipinski definition) is 3. The molecular formula is C4H5N3OS. The molecular weight excluding hydrogens is 138 g/mol. The highest BCUT2D eigenvalue weighted by Crippen LogP contribution is 1.80. The summed E-state index contributed by atoms with van der Waals surface area (Å²) < 4.78 is 1.55. The highest BCUT2D eigenvalue weighted by molar-refractivity contribution is 7.71. The van der Waals surface area contributed by atoms with Crippen molar-refractivity contribution in [2.24, 2.45) is 0 Å². The molecule has 0 aliphatic rings. The standard InChI is InChI=1S/C4H5N3OS/c1-3(8)7-2-5-4(9)6-7/h2H,1H3,(H,6,9). The zero-order valence-corrected chi connectivity index (χ0v) is 5.60. The molecule has 0 aliphatic carbocycles. The smallest absolute Gasteiger partial charge is 0.243 e. The summed E-state index contributed by atoms with van der Waals surface area (Å²) in [7, 11) is 0. The number of aromatic amines is 1. The molecule has 0 amide bonds. The summed E-state index contributed by atoms with van der Waals surface area (Å²) in [5.74, 6) is -0.126. The van der Waals surface area contributed by atoms with Crippen LogP contribution < -0.4 is 0 Å². The Balaban J connectivity index is 3.12. The maximum atomic E-state index is 10.5. The van der Waals surface area contributed by atoms with Crippen molar-refractivity contribution in [3.63, 3.8) is 0 Å². The first-order valence-corrected chi connectivity index (χ1v) is 2.75. The average Bonchev–Trinajstić information content (AvgIpc) is 2.14. The lowest BCUT2D eigenvalue weighted by atomic mass is 10.7. The third kappa shape index (κ3) is 1.23. The third-order valence-electron chi connectivity index (χ3n) is 0.846. The van der Waals surface area contributed by atoms with E-state index in [0.717, 1.165) is 0 Å². The van der Waals surface area contributed by atoms with Gasteiger partial charge >= 0.3 is 0 Å². The number of H-pyrrole nitrogens is 1. The fourth-order valence-electron chi connectivity index (χ4n) is 0.431. The Kier molecular flexibility index (Phi) is 1.44. The molecule has 1 N–H and O–H groups in total. The topological polar surface area (TPSA) is 50.7 Å². The van der Waals surface area contributed by atoms with Gasteiger partial charge < -0.3 is 0 Å². The fraction of sp³-hybridized carbons (Fsp3) is 0.250. The number of nitrogens with one attached hydrogen (secondary N) is 1. The molecule has 0 aromatic carbocycles. The van der Waals surface area contributed by atoms with Crippen molar-refractivity contribution in [3.05, 3.63) is 11.1 Å². The highest BCUT2D eigenvalue weighted by atomic mass is 32.1. The van der Waals surface area contributed by atoms with Crippen molar-refractivity contribution in [2.45, 2.75) is 6.92 Å². The van der Waals surface area contributed by atoms with Gasteiger partial charge in [-0.05, 0) is 12.2 Å². The molecule has 1 aromatic heterocycles. The molecule has 0 radical (unpaired) electrons. The molecule has 1 heterocycles. The van der Waals surface area contributed by atoms with E-state index in [0.29, 0.717) is 4.77 Å². The van der Waals surface area contributed by atoms with E-state index in [4.69, 9.17) is 0 Å². The van der Waals surface area contributed by atoms with Gasteiger partial charge in [-0.3, -0.25) is 9.89 Å². The zero-order chi connectivity index (χ0) is 6.85. The molecule has 48 valence electrons. The van der Waals surface area contributed by atoms with Crippen LogP contribution in [0.1, 0.15) is 11.7 Å². The Morgan fingerprint density at radius 1 is 2.00 bits per heavy atom. The molecule has 1 rings (SSSR count). The number of rotatable bonds is 0. The van der Waals surface area contributed by atoms with E-state index in [1.807, 2.05) is 0 Å². The normalized spacial score (nSPS) is 9.44. The second kappa shape index (κ2) is 2.10. The first-order valence-electron chi connectivity index (χ1n) is 2.35. The van der Waals surface area contributed by atoms with Crippen LogP contribution in [0, 0.1) is 4.77 Å². The summed E-state index contributed by atoms with van der Waals surface area (Å²) >= 11 is 4.61. The predicted octanol–water partition coefficient (Wildman–Crippen LogP) is 0.601. The Bertz CT molecular complexity index is 273. The SMILES string of the molecule is CC(=O)n1cnc(=S)[nH]1. The van der Waals surface area contributed by atoms with E-state index in [1.165, 1.54) is 17.9 Å². The van der Waals surface area contributed by atoms with Gasteiger partial charge in [0.25, 0.3) is 0 Å². The summed E-state index contributed by atoms with van der Waals surface area (Å²) in [6.45, 7) is 1.42. The minimum atomic E-state index is -0.126. The van der Waals surface area contributed by atoms with E-state index in [1.54, 1.807) is 0 Å². The molecule has 0 saturated carbocycles. The average molecular weight is 143 g/mol. The Labute approximate surface area is 56.5 Å². The zero-order valence-electron chi connectivity index (χ0n) is 4.79. The summed E-state index contributed by atoms with van der Waals surface area (Å²) in [5, 5.41) is 2.55. The van der Waals surface area contributed by atoms with Crippen molar-refractivity contribution >= 4 is 18.1 Å². The maximum absolute atomic E-state index is 10.5. The molecule has 5 heteroatoms. The van der Waals surface area contributed by atoms with Gasteiger partial charge in [0.2, 0.25) is 10.7 Å². The van der Waals surface area contributed by atoms with Crippen LogP contribution in [0.15, 0.2) is 6.33 Å². The molecule has 0 aliphatic heterocycles. The van der Waals surface area contributed by atoms with Crippen LogP contribution in [0.25, 0.3) is 0 Å². The summed E-state index contributed by atoms with van der Waals surface area (Å²) in [6, 6.07) is 0. The lowest BCUT2D eigenvalue weighted by molar-refractivity contribution is 0.0920. The molecule has 0 spiro atoms. The number of hydrogen-bond donors (Lipinski definition) is 1. The second-order valence-corrected chi connectivity index (χ2v) is 1.94. The van der Waals surface area contributed by atoms with Crippen LogP contribution in [0.3, 0.4) is 0 Å². The molecule has 0 atom stereocenters. The fourth-order valence-corrected chi connectivity index (χ4v) is 0.576. The molecule has 9 heavy (non-hydrogen) atoms. The predicted molar refractivity (Wildman–Crippen MR) is 33.7 cm³/mol. The number of nitrogens with zero attached hydrogens (tertiary/aromatic N) is 2. The van der Waals surface area contributed by atoms with Gasteiger partial charge in [0.15, 0.2) is 0 Å². The summed E-state index contributed by atoms with van der Waals surface area (Å²) in [4.78, 5) is 14.1. The van der Waals surface area contributed by atoms with E-state index in [9.17, 15) is 4.79 Å². The van der Waals surface area contributed by atoms with Gasteiger partial charge in [-0.1, -0.05) is 0 Å². The van der Waals surface area contributed by atoms with Gasteiger partial charge in [-0.2, -0.15) is 0 Å². The number of carbonyl (C=O) groups excluding carboxylic acids is 1. The number of carbonyl (C=O) groups is 1. The second-order valence-electron chi connectivity index (χ2n) is 1.55. The summed E-state index contributed by atoms with van der Waals surface area (Å²) in [6.07, 6.45) is 1.35. The van der Waals surface area contributed by atoms with Crippen LogP contribution >= 0.6 is 12.2 Å². The molecule has 0 fully saturated rings. The molecule has 4 nitrogen and oxygen atoms in total. The van der Waals surface area contributed by atoms with Crippen LogP contribution in [0.5, 0.6) is 0 Å². The van der Waals surface area contributed by atoms with E-state index < -0.39 is 0 Å². The van der Waals surface area contributed by atoms with Gasteiger partial charge in [0.05, 0.1) is 0 Å². The minimum absolute atomic E-state index is 0.126. The maximum Gasteiger partial charge on any atom is 0.243 e. The van der Waals surface area contributed by atoms with Crippen LogP contribution in [-0.4, -0.2) is 20.7 Å². The molecule has 0 unspecified atom stereocenters. The Morgan fingerprint density at radius 2 is 2.67 bits per heavy atom. The Hall–Kier alpha value is -0.970. The molecule has 0 saturated heterocycles. The quantitative estimate of drug-likeness (QED) is 0.541. The van der Waals surface area contributed by atoms with Crippen LogP contribution in [0.4, 0.5) is 0 Å². The largest absolute Gasteiger partial charge is 0.273 e. The van der Waals surface area contributed by atoms with Crippen molar-refractivity contribution < 1.29 is 4.79 Å². The highest BCUT2D eigenvalue weighted by Gasteiger charge is 1.93. The van der Waals surface area contributed by atoms with E-state index in [-0.39, 0.29) is 5.91 Å². The first kappa shape index (κ1) is 6.15. The molecule has 1 aromatic rings. The van der Waals surface area contributed by atoms with Gasteiger partial charge in [0.1, 0.15) is 6.33 Å². The van der Waals surface area contributed by atoms with Gasteiger partial charge in [-0.25, -0.2) is 9.67 Å². The van der Waals surface area contributed by atoms with Crippen LogP contribution in [-0.2, 0) is 0 Å². The minimum Gasteiger partial charge on any atom is -0.273 e. The monoisotopic (exact) mass is 143 g/mol. The third-order valence-corrected chi connectivity index (χ3v) is 1.04. The molecule has 0 bridgehead atoms. The van der Waals surface area contributed by atoms with E-state index in [2.05, 4.69) is 22.3 Å².